The van der Waals surface area contributed by atoms with Gasteiger partial charge in [-0.25, -0.2) is 0 Å². The summed E-state index contributed by atoms with van der Waals surface area (Å²) >= 11 is 0. The van der Waals surface area contributed by atoms with Gasteiger partial charge in [-0.05, 0) is 25.2 Å². The fourth-order valence-corrected chi connectivity index (χ4v) is 2.75. The largest absolute Gasteiger partial charge is 0.481 e. The second-order valence-corrected chi connectivity index (χ2v) is 5.94. The predicted octanol–water partition coefficient (Wildman–Crippen LogP) is 3.62. The molecule has 1 fully saturated rings. The van der Waals surface area contributed by atoms with Crippen LogP contribution in [-0.2, 0) is 4.79 Å². The van der Waals surface area contributed by atoms with E-state index in [0.29, 0.717) is 5.92 Å². The van der Waals surface area contributed by atoms with Gasteiger partial charge in [-0.15, -0.1) is 0 Å². The zero-order chi connectivity index (χ0) is 14.3. The molecule has 0 heterocycles. The topological polar surface area (TPSA) is 57.5 Å². The summed E-state index contributed by atoms with van der Waals surface area (Å²) in [7, 11) is 0. The summed E-state index contributed by atoms with van der Waals surface area (Å²) in [5, 5.41) is 17.7. The number of unbranched alkanes of at least 4 members (excludes halogenated alkanes) is 3. The molecule has 0 saturated heterocycles. The Kier molecular flexibility index (Phi) is 7.14. The molecule has 2 N–H and O–H groups in total. The third-order valence-electron chi connectivity index (χ3n) is 4.16. The monoisotopic (exact) mass is 268 g/mol. The molecule has 110 valence electrons. The average Bonchev–Trinajstić information content (AvgIpc) is 2.96. The summed E-state index contributed by atoms with van der Waals surface area (Å²) in [6.07, 6.45) is 12.1. The molecule has 0 aromatic carbocycles. The molecule has 3 nitrogen and oxygen atoms in total. The lowest BCUT2D eigenvalue weighted by molar-refractivity contribution is -0.141. The number of hydrogen-bond acceptors (Lipinski definition) is 2. The van der Waals surface area contributed by atoms with Crippen molar-refractivity contribution < 1.29 is 15.0 Å². The molecular formula is C16H28O3. The summed E-state index contributed by atoms with van der Waals surface area (Å²) in [5.74, 6) is 0.406. The van der Waals surface area contributed by atoms with E-state index in [-0.39, 0.29) is 12.0 Å². The fraction of sp³-hybridized carbons (Fsp3) is 0.812. The van der Waals surface area contributed by atoms with E-state index in [1.165, 1.54) is 25.7 Å². The molecule has 2 aliphatic rings. The number of carbonyl (C=O) groups is 1. The van der Waals surface area contributed by atoms with Crippen LogP contribution in [-0.4, -0.2) is 22.3 Å². The first-order chi connectivity index (χ1) is 9.04. The minimum atomic E-state index is -0.665. The minimum Gasteiger partial charge on any atom is -0.481 e. The highest BCUT2D eigenvalue weighted by molar-refractivity contribution is 5.69. The standard InChI is InChI=1S/C9H18O2.C7H10O/c1-3-4-5-6-7-8(2)9(10)11;8-7-4-5-1-2-6(7)3-5/h8H,3-7H2,1-2H3,(H,10,11);1-2,5-8H,3-4H2. The van der Waals surface area contributed by atoms with Gasteiger partial charge in [0.05, 0.1) is 12.0 Å². The van der Waals surface area contributed by atoms with Crippen molar-refractivity contribution in [2.45, 2.75) is 64.9 Å². The lowest BCUT2D eigenvalue weighted by atomic mass is 10.0. The van der Waals surface area contributed by atoms with E-state index in [4.69, 9.17) is 10.2 Å². The highest BCUT2D eigenvalue weighted by atomic mass is 16.4. The Balaban J connectivity index is 0.000000196. The summed E-state index contributed by atoms with van der Waals surface area (Å²) in [4.78, 5) is 10.4. The maximum absolute atomic E-state index is 10.4. The van der Waals surface area contributed by atoms with E-state index in [9.17, 15) is 4.79 Å². The Hall–Kier alpha value is -0.830. The second-order valence-electron chi connectivity index (χ2n) is 5.94. The average molecular weight is 268 g/mol. The zero-order valence-corrected chi connectivity index (χ0v) is 12.2. The predicted molar refractivity (Wildman–Crippen MR) is 76.9 cm³/mol. The van der Waals surface area contributed by atoms with Crippen molar-refractivity contribution in [1.29, 1.82) is 0 Å². The van der Waals surface area contributed by atoms with Gasteiger partial charge in [0, 0.05) is 5.92 Å². The van der Waals surface area contributed by atoms with Crippen LogP contribution in [0.1, 0.15) is 58.8 Å². The lowest BCUT2D eigenvalue weighted by Crippen LogP contribution is -2.11. The number of hydrogen-bond donors (Lipinski definition) is 2. The van der Waals surface area contributed by atoms with E-state index in [1.807, 2.05) is 0 Å². The Labute approximate surface area is 116 Å². The first-order valence-corrected chi connectivity index (χ1v) is 7.63. The number of aliphatic hydroxyl groups is 1. The van der Waals surface area contributed by atoms with Gasteiger partial charge >= 0.3 is 5.97 Å². The van der Waals surface area contributed by atoms with Crippen LogP contribution in [0.25, 0.3) is 0 Å². The Morgan fingerprint density at radius 3 is 2.37 bits per heavy atom. The number of carboxylic acids is 1. The number of fused-ring (bicyclic) bond motifs is 2. The smallest absolute Gasteiger partial charge is 0.306 e. The van der Waals surface area contributed by atoms with Crippen LogP contribution >= 0.6 is 0 Å². The molecule has 0 aromatic heterocycles. The van der Waals surface area contributed by atoms with Crippen molar-refractivity contribution in [2.24, 2.45) is 17.8 Å². The van der Waals surface area contributed by atoms with Crippen LogP contribution in [0.3, 0.4) is 0 Å². The molecule has 0 spiro atoms. The first-order valence-electron chi connectivity index (χ1n) is 7.63. The maximum atomic E-state index is 10.4. The summed E-state index contributed by atoms with van der Waals surface area (Å²) in [6, 6.07) is 0. The van der Waals surface area contributed by atoms with Crippen LogP contribution in [0.2, 0.25) is 0 Å². The number of allylic oxidation sites excluding steroid dienone is 1. The van der Waals surface area contributed by atoms with Crippen LogP contribution in [0.4, 0.5) is 0 Å². The van der Waals surface area contributed by atoms with Crippen LogP contribution in [0, 0.1) is 17.8 Å². The molecule has 0 radical (unpaired) electrons. The summed E-state index contributed by atoms with van der Waals surface area (Å²) in [5.41, 5.74) is 0. The summed E-state index contributed by atoms with van der Waals surface area (Å²) in [6.45, 7) is 3.93. The van der Waals surface area contributed by atoms with Gasteiger partial charge in [-0.2, -0.15) is 0 Å². The van der Waals surface area contributed by atoms with Crippen molar-refractivity contribution in [1.82, 2.24) is 0 Å². The highest BCUT2D eigenvalue weighted by Crippen LogP contribution is 2.38. The Bertz CT molecular complexity index is 298. The Morgan fingerprint density at radius 1 is 1.26 bits per heavy atom. The maximum Gasteiger partial charge on any atom is 0.306 e. The van der Waals surface area contributed by atoms with Crippen molar-refractivity contribution in [2.75, 3.05) is 0 Å². The molecule has 4 atom stereocenters. The SMILES string of the molecule is CCCCCCC(C)C(=O)O.OC1CC2C=CC1C2. The Morgan fingerprint density at radius 2 is 2.00 bits per heavy atom. The van der Waals surface area contributed by atoms with Crippen LogP contribution in [0.15, 0.2) is 12.2 Å². The van der Waals surface area contributed by atoms with Gasteiger partial charge in [0.1, 0.15) is 0 Å². The van der Waals surface area contributed by atoms with Crippen molar-refractivity contribution >= 4 is 5.97 Å². The molecule has 4 unspecified atom stereocenters. The summed E-state index contributed by atoms with van der Waals surface area (Å²) < 4.78 is 0. The molecule has 0 aliphatic heterocycles. The van der Waals surface area contributed by atoms with Gasteiger partial charge < -0.3 is 10.2 Å². The van der Waals surface area contributed by atoms with Crippen molar-refractivity contribution in [3.63, 3.8) is 0 Å². The molecule has 2 aliphatic carbocycles. The van der Waals surface area contributed by atoms with Gasteiger partial charge in [-0.3, -0.25) is 4.79 Å². The van der Waals surface area contributed by atoms with Crippen LogP contribution < -0.4 is 0 Å². The highest BCUT2D eigenvalue weighted by Gasteiger charge is 2.33. The number of rotatable bonds is 6. The minimum absolute atomic E-state index is 0.00926. The normalized spacial score (nSPS) is 28.9. The van der Waals surface area contributed by atoms with E-state index in [2.05, 4.69) is 19.1 Å². The van der Waals surface area contributed by atoms with E-state index < -0.39 is 5.97 Å². The van der Waals surface area contributed by atoms with E-state index in [0.717, 1.165) is 25.2 Å². The van der Waals surface area contributed by atoms with Gasteiger partial charge in [0.2, 0.25) is 0 Å². The number of carboxylic acid groups (broad SMARTS) is 1. The quantitative estimate of drug-likeness (QED) is 0.571. The molecule has 1 saturated carbocycles. The molecule has 0 aromatic rings. The second kappa shape index (κ2) is 8.36. The molecule has 19 heavy (non-hydrogen) atoms. The van der Waals surface area contributed by atoms with Crippen molar-refractivity contribution in [3.8, 4) is 0 Å². The van der Waals surface area contributed by atoms with E-state index in [1.54, 1.807) is 6.92 Å². The van der Waals surface area contributed by atoms with Gasteiger partial charge in [0.25, 0.3) is 0 Å². The molecule has 3 heteroatoms. The molecular weight excluding hydrogens is 240 g/mol. The molecule has 2 bridgehead atoms. The lowest BCUT2D eigenvalue weighted by Gasteiger charge is -2.08. The third-order valence-corrected chi connectivity index (χ3v) is 4.16. The van der Waals surface area contributed by atoms with Gasteiger partial charge in [0.15, 0.2) is 0 Å². The third kappa shape index (κ3) is 5.77. The molecule has 0 amide bonds. The van der Waals surface area contributed by atoms with Crippen LogP contribution in [0.5, 0.6) is 0 Å². The van der Waals surface area contributed by atoms with Gasteiger partial charge in [-0.1, -0.05) is 51.7 Å². The zero-order valence-electron chi connectivity index (χ0n) is 12.2. The van der Waals surface area contributed by atoms with Crippen molar-refractivity contribution in [3.05, 3.63) is 12.2 Å². The molecule has 2 rings (SSSR count). The number of aliphatic hydroxyl groups excluding tert-OH is 1. The number of aliphatic carboxylic acids is 1. The first kappa shape index (κ1) is 16.2. The van der Waals surface area contributed by atoms with E-state index >= 15 is 0 Å². The fourth-order valence-electron chi connectivity index (χ4n) is 2.75.